The van der Waals surface area contributed by atoms with Crippen LogP contribution in [-0.4, -0.2) is 62.8 Å². The van der Waals surface area contributed by atoms with Crippen LogP contribution in [0.5, 0.6) is 5.75 Å². The minimum atomic E-state index is 0.228. The molecule has 2 aromatic rings. The van der Waals surface area contributed by atoms with E-state index in [9.17, 15) is 0 Å². The zero-order valence-corrected chi connectivity index (χ0v) is 19.2. The molecule has 0 amide bonds. The van der Waals surface area contributed by atoms with Crippen LogP contribution in [0.2, 0.25) is 0 Å². The molecule has 0 bridgehead atoms. The van der Waals surface area contributed by atoms with Gasteiger partial charge in [-0.3, -0.25) is 9.89 Å². The fourth-order valence-electron chi connectivity index (χ4n) is 3.42. The highest BCUT2D eigenvalue weighted by Gasteiger charge is 2.23. The van der Waals surface area contributed by atoms with Crippen molar-refractivity contribution in [3.05, 3.63) is 45.9 Å². The van der Waals surface area contributed by atoms with E-state index < -0.39 is 0 Å². The third kappa shape index (κ3) is 6.17. The van der Waals surface area contributed by atoms with Gasteiger partial charge in [0.1, 0.15) is 10.8 Å². The normalized spacial score (nSPS) is 16.5. The molecular weight excluding hydrogens is 398 g/mol. The molecule has 1 unspecified atom stereocenters. The van der Waals surface area contributed by atoms with Gasteiger partial charge in [-0.1, -0.05) is 26.0 Å². The second kappa shape index (κ2) is 11.3. The van der Waals surface area contributed by atoms with Gasteiger partial charge in [-0.2, -0.15) is 0 Å². The van der Waals surface area contributed by atoms with Crippen molar-refractivity contribution in [2.75, 3.05) is 47.0 Å². The summed E-state index contributed by atoms with van der Waals surface area (Å²) < 4.78 is 10.9. The van der Waals surface area contributed by atoms with Crippen LogP contribution < -0.4 is 15.4 Å². The first kappa shape index (κ1) is 22.5. The number of ether oxygens (including phenoxy) is 2. The lowest BCUT2D eigenvalue weighted by molar-refractivity contribution is 0.0170. The highest BCUT2D eigenvalue weighted by Crippen LogP contribution is 2.23. The molecule has 1 aromatic carbocycles. The van der Waals surface area contributed by atoms with Crippen molar-refractivity contribution in [2.24, 2.45) is 4.99 Å². The molecule has 30 heavy (non-hydrogen) atoms. The minimum absolute atomic E-state index is 0.228. The summed E-state index contributed by atoms with van der Waals surface area (Å²) in [7, 11) is 3.49. The van der Waals surface area contributed by atoms with E-state index in [1.165, 1.54) is 5.56 Å². The Hall–Kier alpha value is -2.16. The number of nitrogens with zero attached hydrogens (tertiary/aromatic N) is 3. The van der Waals surface area contributed by atoms with Crippen molar-refractivity contribution >= 4 is 17.3 Å². The maximum atomic E-state index is 5.55. The van der Waals surface area contributed by atoms with Crippen LogP contribution in [0.1, 0.15) is 42.1 Å². The summed E-state index contributed by atoms with van der Waals surface area (Å²) in [4.78, 5) is 11.5. The molecule has 2 N–H and O–H groups in total. The van der Waals surface area contributed by atoms with Gasteiger partial charge in [0.25, 0.3) is 0 Å². The molecule has 1 atom stereocenters. The largest absolute Gasteiger partial charge is 0.497 e. The number of hydrogen-bond acceptors (Lipinski definition) is 6. The standard InChI is InChI=1S/C22H33N5O2S/c1-16(2)19-15-30-21(26-19)14-25-22(23-3)24-13-20(27-9-11-29-12-10-27)17-5-7-18(28-4)8-6-17/h5-8,15-16,20H,9-14H2,1-4H3,(H2,23,24,25). The van der Waals surface area contributed by atoms with Crippen molar-refractivity contribution in [3.63, 3.8) is 0 Å². The number of benzene rings is 1. The molecule has 8 heteroatoms. The Morgan fingerprint density at radius 2 is 1.97 bits per heavy atom. The Morgan fingerprint density at radius 1 is 1.23 bits per heavy atom. The van der Waals surface area contributed by atoms with Crippen LogP contribution in [0, 0.1) is 0 Å². The van der Waals surface area contributed by atoms with E-state index in [4.69, 9.17) is 9.47 Å². The Bertz CT molecular complexity index is 800. The molecule has 0 aliphatic carbocycles. The monoisotopic (exact) mass is 431 g/mol. The topological polar surface area (TPSA) is 71.0 Å². The third-order valence-electron chi connectivity index (χ3n) is 5.24. The first-order valence-corrected chi connectivity index (χ1v) is 11.3. The molecule has 1 aliphatic heterocycles. The van der Waals surface area contributed by atoms with E-state index in [2.05, 4.69) is 56.9 Å². The number of methoxy groups -OCH3 is 1. The zero-order valence-electron chi connectivity index (χ0n) is 18.4. The van der Waals surface area contributed by atoms with Crippen LogP contribution in [0.3, 0.4) is 0 Å². The van der Waals surface area contributed by atoms with Gasteiger partial charge in [0.05, 0.1) is 38.6 Å². The molecule has 2 heterocycles. The smallest absolute Gasteiger partial charge is 0.191 e. The first-order valence-electron chi connectivity index (χ1n) is 10.4. The summed E-state index contributed by atoms with van der Waals surface area (Å²) in [6.07, 6.45) is 0. The highest BCUT2D eigenvalue weighted by atomic mass is 32.1. The molecular formula is C22H33N5O2S. The van der Waals surface area contributed by atoms with Gasteiger partial charge in [0.2, 0.25) is 0 Å². The van der Waals surface area contributed by atoms with Gasteiger partial charge in [-0.15, -0.1) is 11.3 Å². The Morgan fingerprint density at radius 3 is 2.57 bits per heavy atom. The first-order chi connectivity index (χ1) is 14.6. The molecule has 164 valence electrons. The van der Waals surface area contributed by atoms with Crippen molar-refractivity contribution in [1.82, 2.24) is 20.5 Å². The maximum Gasteiger partial charge on any atom is 0.191 e. The molecule has 1 aromatic heterocycles. The molecule has 0 radical (unpaired) electrons. The SMILES string of the molecule is CN=C(NCc1nc(C(C)C)cs1)NCC(c1ccc(OC)cc1)N1CCOCC1. The van der Waals surface area contributed by atoms with Crippen LogP contribution in [0.15, 0.2) is 34.6 Å². The maximum absolute atomic E-state index is 5.55. The summed E-state index contributed by atoms with van der Waals surface area (Å²) in [5.74, 6) is 2.10. The summed E-state index contributed by atoms with van der Waals surface area (Å²) >= 11 is 1.69. The predicted octanol–water partition coefficient (Wildman–Crippen LogP) is 3.01. The number of guanidine groups is 1. The molecule has 1 aliphatic rings. The number of hydrogen-bond donors (Lipinski definition) is 2. The average molecular weight is 432 g/mol. The minimum Gasteiger partial charge on any atom is -0.497 e. The van der Waals surface area contributed by atoms with Gasteiger partial charge in [-0.05, 0) is 23.6 Å². The number of aliphatic imine (C=N–C) groups is 1. The lowest BCUT2D eigenvalue weighted by Gasteiger charge is -2.35. The van der Waals surface area contributed by atoms with Crippen LogP contribution in [0.4, 0.5) is 0 Å². The van der Waals surface area contributed by atoms with Crippen LogP contribution >= 0.6 is 11.3 Å². The number of thiazole rings is 1. The quantitative estimate of drug-likeness (QED) is 0.495. The number of aromatic nitrogens is 1. The summed E-state index contributed by atoms with van der Waals surface area (Å²) in [6, 6.07) is 8.54. The second-order valence-corrected chi connectivity index (χ2v) is 8.51. The van der Waals surface area contributed by atoms with Crippen molar-refractivity contribution in [2.45, 2.75) is 32.4 Å². The van der Waals surface area contributed by atoms with E-state index in [0.717, 1.165) is 55.3 Å². The van der Waals surface area contributed by atoms with E-state index in [-0.39, 0.29) is 6.04 Å². The van der Waals surface area contributed by atoms with Gasteiger partial charge < -0.3 is 20.1 Å². The van der Waals surface area contributed by atoms with E-state index in [1.54, 1.807) is 25.5 Å². The summed E-state index contributed by atoms with van der Waals surface area (Å²) in [5.41, 5.74) is 2.40. The lowest BCUT2D eigenvalue weighted by Crippen LogP contribution is -2.46. The molecule has 0 spiro atoms. The molecule has 1 fully saturated rings. The molecule has 1 saturated heterocycles. The Labute approximate surface area is 183 Å². The zero-order chi connectivity index (χ0) is 21.3. The number of morpholine rings is 1. The van der Waals surface area contributed by atoms with Crippen molar-refractivity contribution < 1.29 is 9.47 Å². The molecule has 7 nitrogen and oxygen atoms in total. The van der Waals surface area contributed by atoms with Gasteiger partial charge >= 0.3 is 0 Å². The average Bonchev–Trinajstić information content (AvgIpc) is 3.26. The predicted molar refractivity (Wildman–Crippen MR) is 123 cm³/mol. The van der Waals surface area contributed by atoms with E-state index >= 15 is 0 Å². The van der Waals surface area contributed by atoms with E-state index in [1.807, 2.05) is 12.1 Å². The van der Waals surface area contributed by atoms with Gasteiger partial charge in [-0.25, -0.2) is 4.98 Å². The molecule has 0 saturated carbocycles. The van der Waals surface area contributed by atoms with Crippen LogP contribution in [-0.2, 0) is 11.3 Å². The highest BCUT2D eigenvalue weighted by molar-refractivity contribution is 7.09. The van der Waals surface area contributed by atoms with Crippen LogP contribution in [0.25, 0.3) is 0 Å². The Kier molecular flexibility index (Phi) is 8.48. The molecule has 3 rings (SSSR count). The fourth-order valence-corrected chi connectivity index (χ4v) is 4.31. The Balaban J connectivity index is 1.62. The van der Waals surface area contributed by atoms with Gasteiger partial charge in [0, 0.05) is 32.1 Å². The second-order valence-electron chi connectivity index (χ2n) is 7.56. The fraction of sp³-hybridized carbons (Fsp3) is 0.545. The van der Waals surface area contributed by atoms with Crippen molar-refractivity contribution in [3.8, 4) is 5.75 Å². The number of rotatable bonds is 8. The van der Waals surface area contributed by atoms with Crippen molar-refractivity contribution in [1.29, 1.82) is 0 Å². The number of nitrogens with one attached hydrogen (secondary N) is 2. The lowest BCUT2D eigenvalue weighted by atomic mass is 10.0. The summed E-state index contributed by atoms with van der Waals surface area (Å²) in [6.45, 7) is 9.12. The third-order valence-corrected chi connectivity index (χ3v) is 6.11. The summed E-state index contributed by atoms with van der Waals surface area (Å²) in [5, 5.41) is 10.1. The van der Waals surface area contributed by atoms with Gasteiger partial charge in [0.15, 0.2) is 5.96 Å². The van der Waals surface area contributed by atoms with E-state index in [0.29, 0.717) is 12.5 Å².